The largest absolute Gasteiger partial charge is 0.436 e. The van der Waals surface area contributed by atoms with Crippen molar-refractivity contribution in [2.75, 3.05) is 4.90 Å². The molecule has 10 rings (SSSR count). The number of fused-ring (bicyclic) bond motifs is 6. The number of aromatic nitrogens is 1. The van der Waals surface area contributed by atoms with Gasteiger partial charge in [-0.1, -0.05) is 133 Å². The maximum Gasteiger partial charge on any atom is 0.227 e. The van der Waals surface area contributed by atoms with Gasteiger partial charge in [0.05, 0.1) is 0 Å². The molecule has 10 aromatic rings. The van der Waals surface area contributed by atoms with Crippen molar-refractivity contribution < 1.29 is 4.42 Å². The predicted molar refractivity (Wildman–Crippen MR) is 218 cm³/mol. The predicted octanol–water partition coefficient (Wildman–Crippen LogP) is 13.8. The van der Waals surface area contributed by atoms with Crippen molar-refractivity contribution in [2.45, 2.75) is 0 Å². The highest BCUT2D eigenvalue weighted by atomic mass is 16.3. The van der Waals surface area contributed by atoms with Crippen LogP contribution in [0.2, 0.25) is 0 Å². The van der Waals surface area contributed by atoms with Gasteiger partial charge >= 0.3 is 0 Å². The van der Waals surface area contributed by atoms with Crippen molar-refractivity contribution in [3.05, 3.63) is 194 Å². The molecule has 0 amide bonds. The Bertz CT molecular complexity index is 2880. The molecule has 0 aliphatic rings. The van der Waals surface area contributed by atoms with Crippen LogP contribution in [-0.2, 0) is 0 Å². The van der Waals surface area contributed by atoms with Crippen molar-refractivity contribution in [1.82, 2.24) is 4.98 Å². The lowest BCUT2D eigenvalue weighted by molar-refractivity contribution is 0.620. The van der Waals surface area contributed by atoms with Crippen LogP contribution in [0.3, 0.4) is 0 Å². The van der Waals surface area contributed by atoms with Crippen LogP contribution in [0, 0.1) is 0 Å². The second kappa shape index (κ2) is 12.4. The topological polar surface area (TPSA) is 29.3 Å². The Morgan fingerprint density at radius 3 is 1.63 bits per heavy atom. The SMILES string of the molecule is c1ccc(-c2ccc(N(c3ccc(-c4ccc5c(ccc6ccc7oc(-c8ccccc8)nc7c65)c4)cc3)c3ccc4ccccc4c3)cc2)cc1. The van der Waals surface area contributed by atoms with Crippen molar-refractivity contribution in [3.8, 4) is 33.7 Å². The maximum absolute atomic E-state index is 6.23. The number of rotatable bonds is 6. The van der Waals surface area contributed by atoms with Crippen LogP contribution in [-0.4, -0.2) is 4.98 Å². The first-order valence-corrected chi connectivity index (χ1v) is 17.6. The molecule has 0 unspecified atom stereocenters. The number of benzene rings is 9. The van der Waals surface area contributed by atoms with E-state index in [0.717, 1.165) is 55.4 Å². The highest BCUT2D eigenvalue weighted by molar-refractivity contribution is 6.18. The van der Waals surface area contributed by atoms with Gasteiger partial charge in [0.1, 0.15) is 5.52 Å². The fourth-order valence-corrected chi connectivity index (χ4v) is 7.42. The summed E-state index contributed by atoms with van der Waals surface area (Å²) in [6, 6.07) is 68.9. The molecule has 0 aliphatic heterocycles. The molecule has 9 aromatic carbocycles. The lowest BCUT2D eigenvalue weighted by atomic mass is 9.96. The van der Waals surface area contributed by atoms with Crippen LogP contribution in [0.1, 0.15) is 0 Å². The molecule has 0 aliphatic carbocycles. The molecule has 0 fully saturated rings. The van der Waals surface area contributed by atoms with E-state index < -0.39 is 0 Å². The van der Waals surface area contributed by atoms with Gasteiger partial charge in [0.25, 0.3) is 0 Å². The van der Waals surface area contributed by atoms with Crippen LogP contribution >= 0.6 is 0 Å². The summed E-state index contributed by atoms with van der Waals surface area (Å²) in [5, 5.41) is 7.04. The van der Waals surface area contributed by atoms with E-state index in [1.165, 1.54) is 32.8 Å². The number of oxazole rings is 1. The molecule has 0 N–H and O–H groups in total. The van der Waals surface area contributed by atoms with Crippen LogP contribution < -0.4 is 4.90 Å². The lowest BCUT2D eigenvalue weighted by Crippen LogP contribution is -2.09. The summed E-state index contributed by atoms with van der Waals surface area (Å²) in [4.78, 5) is 7.32. The molecule has 3 heteroatoms. The smallest absolute Gasteiger partial charge is 0.227 e. The van der Waals surface area contributed by atoms with Crippen molar-refractivity contribution in [3.63, 3.8) is 0 Å². The second-order valence-corrected chi connectivity index (χ2v) is 13.2. The summed E-state index contributed by atoms with van der Waals surface area (Å²) < 4.78 is 6.23. The summed E-state index contributed by atoms with van der Waals surface area (Å²) in [5.74, 6) is 0.640. The van der Waals surface area contributed by atoms with Gasteiger partial charge in [-0.25, -0.2) is 4.98 Å². The molecular formula is C49H32N2O. The molecule has 1 aromatic heterocycles. The number of hydrogen-bond donors (Lipinski definition) is 0. The Morgan fingerprint density at radius 1 is 0.365 bits per heavy atom. The Morgan fingerprint density at radius 2 is 0.904 bits per heavy atom. The van der Waals surface area contributed by atoms with Gasteiger partial charge in [0, 0.05) is 28.0 Å². The van der Waals surface area contributed by atoms with Gasteiger partial charge in [0.15, 0.2) is 5.58 Å². The summed E-state index contributed by atoms with van der Waals surface area (Å²) in [5.41, 5.74) is 10.7. The molecule has 244 valence electrons. The third-order valence-electron chi connectivity index (χ3n) is 10.1. The minimum absolute atomic E-state index is 0.640. The minimum Gasteiger partial charge on any atom is -0.436 e. The molecular weight excluding hydrogens is 633 g/mol. The average molecular weight is 665 g/mol. The van der Waals surface area contributed by atoms with E-state index in [-0.39, 0.29) is 0 Å². The van der Waals surface area contributed by atoms with Crippen LogP contribution in [0.5, 0.6) is 0 Å². The van der Waals surface area contributed by atoms with Gasteiger partial charge in [0.2, 0.25) is 5.89 Å². The molecule has 0 atom stereocenters. The molecule has 52 heavy (non-hydrogen) atoms. The van der Waals surface area contributed by atoms with Crippen LogP contribution in [0.4, 0.5) is 17.1 Å². The molecule has 0 spiro atoms. The Labute approximate surface area is 301 Å². The Hall–Kier alpha value is -6.97. The standard InChI is InChI=1S/C49H32N2O/c1-3-9-33(10-4-1)35-17-24-42(25-18-35)51(44-28-21-34-11-7-8-14-39(34)32-44)43-26-19-36(20-27-43)40-22-29-45-41(31-40)16-15-37-23-30-46-48(47(37)45)50-49(52-46)38-12-5-2-6-13-38/h1-32H. The van der Waals surface area contributed by atoms with Crippen LogP contribution in [0.15, 0.2) is 199 Å². The minimum atomic E-state index is 0.640. The molecule has 1 heterocycles. The first kappa shape index (κ1) is 29.9. The molecule has 0 saturated carbocycles. The number of nitrogens with zero attached hydrogens (tertiary/aromatic N) is 2. The van der Waals surface area contributed by atoms with E-state index in [9.17, 15) is 0 Å². The van der Waals surface area contributed by atoms with Gasteiger partial charge in [-0.15, -0.1) is 0 Å². The first-order chi connectivity index (χ1) is 25.7. The molecule has 0 radical (unpaired) electrons. The van der Waals surface area contributed by atoms with Crippen molar-refractivity contribution in [2.24, 2.45) is 0 Å². The average Bonchev–Trinajstić information content (AvgIpc) is 3.67. The van der Waals surface area contributed by atoms with Crippen LogP contribution in [0.25, 0.3) is 77.1 Å². The third-order valence-corrected chi connectivity index (χ3v) is 10.1. The first-order valence-electron chi connectivity index (χ1n) is 17.6. The number of anilines is 3. The van der Waals surface area contributed by atoms with Gasteiger partial charge in [-0.05, 0) is 110 Å². The van der Waals surface area contributed by atoms with Crippen molar-refractivity contribution >= 4 is 60.5 Å². The van der Waals surface area contributed by atoms with Gasteiger partial charge in [-0.2, -0.15) is 0 Å². The third kappa shape index (κ3) is 5.28. The molecule has 3 nitrogen and oxygen atoms in total. The zero-order valence-electron chi connectivity index (χ0n) is 28.3. The number of hydrogen-bond acceptors (Lipinski definition) is 3. The summed E-state index contributed by atoms with van der Waals surface area (Å²) in [6.45, 7) is 0. The van der Waals surface area contributed by atoms with E-state index in [2.05, 4.69) is 163 Å². The summed E-state index contributed by atoms with van der Waals surface area (Å²) >= 11 is 0. The monoisotopic (exact) mass is 664 g/mol. The maximum atomic E-state index is 6.23. The lowest BCUT2D eigenvalue weighted by Gasteiger charge is -2.26. The Balaban J connectivity index is 1.03. The summed E-state index contributed by atoms with van der Waals surface area (Å²) in [7, 11) is 0. The van der Waals surface area contributed by atoms with E-state index in [0.29, 0.717) is 5.89 Å². The van der Waals surface area contributed by atoms with Gasteiger partial charge in [-0.3, -0.25) is 0 Å². The van der Waals surface area contributed by atoms with Crippen molar-refractivity contribution in [1.29, 1.82) is 0 Å². The zero-order valence-corrected chi connectivity index (χ0v) is 28.3. The quantitative estimate of drug-likeness (QED) is 0.166. The Kier molecular flexibility index (Phi) is 7.14. The van der Waals surface area contributed by atoms with E-state index >= 15 is 0 Å². The highest BCUT2D eigenvalue weighted by Crippen LogP contribution is 2.39. The normalized spacial score (nSPS) is 11.5. The second-order valence-electron chi connectivity index (χ2n) is 13.2. The molecule has 0 bridgehead atoms. The fraction of sp³-hybridized carbons (Fsp3) is 0. The van der Waals surface area contributed by atoms with Gasteiger partial charge < -0.3 is 9.32 Å². The molecule has 0 saturated heterocycles. The zero-order chi connectivity index (χ0) is 34.4. The highest BCUT2D eigenvalue weighted by Gasteiger charge is 2.16. The van der Waals surface area contributed by atoms with E-state index in [1.54, 1.807) is 0 Å². The van der Waals surface area contributed by atoms with E-state index in [1.807, 2.05) is 36.4 Å². The summed E-state index contributed by atoms with van der Waals surface area (Å²) in [6.07, 6.45) is 0. The van der Waals surface area contributed by atoms with E-state index in [4.69, 9.17) is 9.40 Å². The fourth-order valence-electron chi connectivity index (χ4n) is 7.42.